The van der Waals surface area contributed by atoms with Gasteiger partial charge in [0.15, 0.2) is 0 Å². The molecule has 4 nitrogen and oxygen atoms in total. The summed E-state index contributed by atoms with van der Waals surface area (Å²) in [6, 6.07) is 0.290. The number of nitrogens with two attached hydrogens (primary N) is 1. The lowest BCUT2D eigenvalue weighted by Crippen LogP contribution is -2.57. The summed E-state index contributed by atoms with van der Waals surface area (Å²) in [5.41, 5.74) is 5.70. The molecule has 0 radical (unpaired) electrons. The van der Waals surface area contributed by atoms with Crippen LogP contribution in [0.5, 0.6) is 0 Å². The lowest BCUT2D eigenvalue weighted by atomic mass is 10.1. The molecule has 0 spiro atoms. The van der Waals surface area contributed by atoms with E-state index >= 15 is 0 Å². The van der Waals surface area contributed by atoms with Gasteiger partial charge in [0.05, 0.1) is 6.54 Å². The quantitative estimate of drug-likeness (QED) is 0.675. The van der Waals surface area contributed by atoms with Crippen molar-refractivity contribution < 1.29 is 4.79 Å². The zero-order chi connectivity index (χ0) is 10.9. The van der Waals surface area contributed by atoms with Gasteiger partial charge in [0, 0.05) is 31.7 Å². The molecule has 1 amide bonds. The molecule has 1 aliphatic rings. The molecule has 0 aliphatic carbocycles. The summed E-state index contributed by atoms with van der Waals surface area (Å²) < 4.78 is 0. The van der Waals surface area contributed by atoms with E-state index in [0.29, 0.717) is 12.6 Å². The van der Waals surface area contributed by atoms with Crippen LogP contribution < -0.4 is 5.73 Å². The Morgan fingerprint density at radius 3 is 2.57 bits per heavy atom. The van der Waals surface area contributed by atoms with E-state index in [1.807, 2.05) is 20.9 Å². The summed E-state index contributed by atoms with van der Waals surface area (Å²) >= 11 is 0. The number of carbonyl (C=O) groups excluding carboxylic acids is 1. The van der Waals surface area contributed by atoms with E-state index in [1.54, 1.807) is 4.90 Å². The highest BCUT2D eigenvalue weighted by Gasteiger charge is 2.29. The van der Waals surface area contributed by atoms with Crippen LogP contribution in [0.3, 0.4) is 0 Å². The lowest BCUT2D eigenvalue weighted by molar-refractivity contribution is -0.137. The second kappa shape index (κ2) is 3.87. The van der Waals surface area contributed by atoms with Crippen molar-refractivity contribution >= 4 is 5.91 Å². The van der Waals surface area contributed by atoms with E-state index in [4.69, 9.17) is 5.73 Å². The van der Waals surface area contributed by atoms with Crippen LogP contribution in [0, 0.1) is 0 Å². The Hall–Kier alpha value is -0.610. The van der Waals surface area contributed by atoms with Crippen molar-refractivity contribution in [2.45, 2.75) is 32.4 Å². The molecular weight excluding hydrogens is 178 g/mol. The number of piperazine rings is 1. The van der Waals surface area contributed by atoms with E-state index in [0.717, 1.165) is 13.1 Å². The van der Waals surface area contributed by atoms with Gasteiger partial charge in [-0.1, -0.05) is 0 Å². The Bertz CT molecular complexity index is 222. The third-order valence-electron chi connectivity index (χ3n) is 2.57. The van der Waals surface area contributed by atoms with Crippen LogP contribution in [0.4, 0.5) is 0 Å². The van der Waals surface area contributed by atoms with Gasteiger partial charge in [-0.25, -0.2) is 0 Å². The van der Waals surface area contributed by atoms with Crippen LogP contribution in [0.25, 0.3) is 0 Å². The fraction of sp³-hybridized carbons (Fsp3) is 0.900. The standard InChI is InChI=1S/C10H21N3O/c1-8-5-13(7-10(2,3)11)6-9(14)12(8)4/h8H,5-7,11H2,1-4H3. The number of rotatable bonds is 2. The highest BCUT2D eigenvalue weighted by atomic mass is 16.2. The van der Waals surface area contributed by atoms with Gasteiger partial charge in [-0.15, -0.1) is 0 Å². The van der Waals surface area contributed by atoms with Gasteiger partial charge in [0.2, 0.25) is 5.91 Å². The van der Waals surface area contributed by atoms with Crippen molar-refractivity contribution in [2.24, 2.45) is 5.73 Å². The van der Waals surface area contributed by atoms with Gasteiger partial charge >= 0.3 is 0 Å². The van der Waals surface area contributed by atoms with Crippen LogP contribution in [0.1, 0.15) is 20.8 Å². The van der Waals surface area contributed by atoms with Crippen molar-refractivity contribution in [1.82, 2.24) is 9.80 Å². The third kappa shape index (κ3) is 2.96. The van der Waals surface area contributed by atoms with Crippen molar-refractivity contribution in [2.75, 3.05) is 26.7 Å². The molecule has 1 saturated heterocycles. The maximum atomic E-state index is 11.5. The first-order valence-electron chi connectivity index (χ1n) is 5.06. The van der Waals surface area contributed by atoms with Crippen molar-refractivity contribution in [1.29, 1.82) is 0 Å². The monoisotopic (exact) mass is 199 g/mol. The second-order valence-corrected chi connectivity index (χ2v) is 5.01. The minimum atomic E-state index is -0.226. The number of hydrogen-bond donors (Lipinski definition) is 1. The number of likely N-dealkylation sites (N-methyl/N-ethyl adjacent to an activating group) is 1. The summed E-state index contributed by atoms with van der Waals surface area (Å²) in [6.07, 6.45) is 0. The van der Waals surface area contributed by atoms with E-state index in [-0.39, 0.29) is 11.4 Å². The van der Waals surface area contributed by atoms with Crippen LogP contribution >= 0.6 is 0 Å². The number of nitrogens with zero attached hydrogens (tertiary/aromatic N) is 2. The molecule has 2 N–H and O–H groups in total. The first kappa shape index (κ1) is 11.5. The number of carbonyl (C=O) groups is 1. The average molecular weight is 199 g/mol. The molecule has 1 aliphatic heterocycles. The van der Waals surface area contributed by atoms with E-state index in [2.05, 4.69) is 11.8 Å². The molecule has 0 aromatic heterocycles. The van der Waals surface area contributed by atoms with Gasteiger partial charge in [-0.05, 0) is 20.8 Å². The molecule has 1 atom stereocenters. The first-order chi connectivity index (χ1) is 6.29. The summed E-state index contributed by atoms with van der Waals surface area (Å²) in [5.74, 6) is 0.188. The summed E-state index contributed by atoms with van der Waals surface area (Å²) in [4.78, 5) is 15.5. The largest absolute Gasteiger partial charge is 0.341 e. The molecule has 1 fully saturated rings. The molecule has 1 rings (SSSR count). The number of hydrogen-bond acceptors (Lipinski definition) is 3. The zero-order valence-corrected chi connectivity index (χ0v) is 9.58. The molecule has 0 aromatic rings. The van der Waals surface area contributed by atoms with Crippen molar-refractivity contribution in [3.05, 3.63) is 0 Å². The topological polar surface area (TPSA) is 49.6 Å². The summed E-state index contributed by atoms with van der Waals surface area (Å²) in [6.45, 7) is 8.23. The molecule has 0 saturated carbocycles. The predicted molar refractivity (Wildman–Crippen MR) is 56.9 cm³/mol. The Balaban J connectivity index is 2.54. The lowest BCUT2D eigenvalue weighted by Gasteiger charge is -2.39. The maximum Gasteiger partial charge on any atom is 0.236 e. The minimum Gasteiger partial charge on any atom is -0.341 e. The van der Waals surface area contributed by atoms with Crippen LogP contribution in [-0.2, 0) is 4.79 Å². The SMILES string of the molecule is CC1CN(CC(C)(C)N)CC(=O)N1C. The smallest absolute Gasteiger partial charge is 0.236 e. The molecule has 0 aromatic carbocycles. The van der Waals surface area contributed by atoms with E-state index < -0.39 is 0 Å². The Morgan fingerprint density at radius 1 is 1.57 bits per heavy atom. The molecule has 1 unspecified atom stereocenters. The molecule has 1 heterocycles. The zero-order valence-electron chi connectivity index (χ0n) is 9.58. The van der Waals surface area contributed by atoms with E-state index in [9.17, 15) is 4.79 Å². The highest BCUT2D eigenvalue weighted by molar-refractivity contribution is 5.79. The fourth-order valence-electron chi connectivity index (χ4n) is 1.81. The average Bonchev–Trinajstić information content (AvgIpc) is 1.96. The third-order valence-corrected chi connectivity index (χ3v) is 2.57. The Labute approximate surface area is 86.0 Å². The second-order valence-electron chi connectivity index (χ2n) is 5.01. The summed E-state index contributed by atoms with van der Waals surface area (Å²) in [7, 11) is 1.86. The predicted octanol–water partition coefficient (Wildman–Crippen LogP) is -0.114. The van der Waals surface area contributed by atoms with Crippen LogP contribution in [0.2, 0.25) is 0 Å². The van der Waals surface area contributed by atoms with E-state index in [1.165, 1.54) is 0 Å². The molecular formula is C10H21N3O. The van der Waals surface area contributed by atoms with Crippen molar-refractivity contribution in [3.8, 4) is 0 Å². The maximum absolute atomic E-state index is 11.5. The van der Waals surface area contributed by atoms with Crippen LogP contribution in [0.15, 0.2) is 0 Å². The molecule has 4 heteroatoms. The van der Waals surface area contributed by atoms with Gasteiger partial charge < -0.3 is 10.6 Å². The molecule has 82 valence electrons. The Kier molecular flexibility index (Phi) is 3.17. The van der Waals surface area contributed by atoms with Crippen molar-refractivity contribution in [3.63, 3.8) is 0 Å². The van der Waals surface area contributed by atoms with Gasteiger partial charge in [0.1, 0.15) is 0 Å². The first-order valence-corrected chi connectivity index (χ1v) is 5.06. The Morgan fingerprint density at radius 2 is 2.14 bits per heavy atom. The minimum absolute atomic E-state index is 0.188. The van der Waals surface area contributed by atoms with Gasteiger partial charge in [-0.2, -0.15) is 0 Å². The summed E-state index contributed by atoms with van der Waals surface area (Å²) in [5, 5.41) is 0. The van der Waals surface area contributed by atoms with Gasteiger partial charge in [-0.3, -0.25) is 9.69 Å². The number of amides is 1. The molecule has 0 bridgehead atoms. The normalized spacial score (nSPS) is 25.6. The highest BCUT2D eigenvalue weighted by Crippen LogP contribution is 2.11. The van der Waals surface area contributed by atoms with Crippen LogP contribution in [-0.4, -0.2) is 54.0 Å². The fourth-order valence-corrected chi connectivity index (χ4v) is 1.81. The molecule has 14 heavy (non-hydrogen) atoms. The van der Waals surface area contributed by atoms with Gasteiger partial charge in [0.25, 0.3) is 0 Å².